The SMILES string of the molecule is Cn1cc(-c2nc(C(=O)NCc3c(F)cccc3Cl)c(N)nc2-c2ncco2)ccc1=O. The minimum absolute atomic E-state index is 0.128. The highest BCUT2D eigenvalue weighted by Crippen LogP contribution is 2.29. The molecule has 0 radical (unpaired) electrons. The molecule has 3 aromatic heterocycles. The van der Waals surface area contributed by atoms with E-state index in [9.17, 15) is 14.0 Å². The van der Waals surface area contributed by atoms with Crippen molar-refractivity contribution in [2.24, 2.45) is 7.05 Å². The van der Waals surface area contributed by atoms with Gasteiger partial charge in [0.05, 0.1) is 6.20 Å². The number of carbonyl (C=O) groups excluding carboxylic acids is 1. The highest BCUT2D eigenvalue weighted by atomic mass is 35.5. The van der Waals surface area contributed by atoms with Crippen LogP contribution in [0.15, 0.2) is 58.2 Å². The van der Waals surface area contributed by atoms with Crippen molar-refractivity contribution < 1.29 is 13.6 Å². The van der Waals surface area contributed by atoms with Crippen LogP contribution in [0.1, 0.15) is 16.1 Å². The maximum absolute atomic E-state index is 14.0. The van der Waals surface area contributed by atoms with Crippen molar-refractivity contribution in [3.8, 4) is 22.8 Å². The zero-order valence-electron chi connectivity index (χ0n) is 16.7. The quantitative estimate of drug-likeness (QED) is 0.474. The van der Waals surface area contributed by atoms with Gasteiger partial charge in [-0.3, -0.25) is 9.59 Å². The highest BCUT2D eigenvalue weighted by molar-refractivity contribution is 6.31. The smallest absolute Gasteiger partial charge is 0.274 e. The first-order chi connectivity index (χ1) is 15.3. The Labute approximate surface area is 185 Å². The molecule has 1 amide bonds. The van der Waals surface area contributed by atoms with Gasteiger partial charge in [0.1, 0.15) is 17.8 Å². The number of anilines is 1. The van der Waals surface area contributed by atoms with Crippen LogP contribution >= 0.6 is 11.6 Å². The summed E-state index contributed by atoms with van der Waals surface area (Å²) < 4.78 is 20.7. The standard InChI is InChI=1S/C21H16ClFN6O3/c1-29-10-11(5-6-15(29)30)16-17(21-25-7-8-32-21)28-19(24)18(27-16)20(31)26-9-12-13(22)3-2-4-14(12)23/h2-8,10H,9H2,1H3,(H2,24,28)(H,26,31). The third-order valence-corrected chi connectivity index (χ3v) is 4.97. The number of halogens is 2. The molecular formula is C21H16ClFN6O3. The predicted molar refractivity (Wildman–Crippen MR) is 115 cm³/mol. The van der Waals surface area contributed by atoms with Crippen LogP contribution in [-0.4, -0.2) is 25.4 Å². The lowest BCUT2D eigenvalue weighted by molar-refractivity contribution is 0.0946. The van der Waals surface area contributed by atoms with Crippen molar-refractivity contribution in [3.05, 3.63) is 81.4 Å². The molecule has 0 unspecified atom stereocenters. The lowest BCUT2D eigenvalue weighted by atomic mass is 10.1. The van der Waals surface area contributed by atoms with Crippen LogP contribution < -0.4 is 16.6 Å². The van der Waals surface area contributed by atoms with Gasteiger partial charge in [0, 0.05) is 42.0 Å². The number of nitrogen functional groups attached to an aromatic ring is 1. The number of nitrogens with zero attached hydrogens (tertiary/aromatic N) is 4. The fourth-order valence-corrected chi connectivity index (χ4v) is 3.22. The van der Waals surface area contributed by atoms with Crippen molar-refractivity contribution in [1.29, 1.82) is 0 Å². The second kappa shape index (κ2) is 8.60. The molecule has 0 bridgehead atoms. The number of oxazole rings is 1. The Morgan fingerprint density at radius 1 is 1.25 bits per heavy atom. The third kappa shape index (κ3) is 4.08. The zero-order valence-corrected chi connectivity index (χ0v) is 17.4. The molecule has 1 aromatic carbocycles. The predicted octanol–water partition coefficient (Wildman–Crippen LogP) is 2.80. The molecule has 0 aliphatic rings. The normalized spacial score (nSPS) is 10.8. The van der Waals surface area contributed by atoms with E-state index >= 15 is 0 Å². The number of aromatic nitrogens is 4. The summed E-state index contributed by atoms with van der Waals surface area (Å²) in [7, 11) is 1.58. The molecule has 11 heteroatoms. The zero-order chi connectivity index (χ0) is 22.8. The van der Waals surface area contributed by atoms with Gasteiger partial charge in [-0.25, -0.2) is 19.3 Å². The topological polar surface area (TPSA) is 129 Å². The van der Waals surface area contributed by atoms with E-state index in [2.05, 4.69) is 20.3 Å². The fraction of sp³-hybridized carbons (Fsp3) is 0.0952. The molecule has 4 aromatic rings. The molecule has 3 heterocycles. The van der Waals surface area contributed by atoms with Crippen molar-refractivity contribution in [1.82, 2.24) is 24.8 Å². The van der Waals surface area contributed by atoms with E-state index in [1.807, 2.05) is 0 Å². The molecule has 3 N–H and O–H groups in total. The second-order valence-corrected chi connectivity index (χ2v) is 7.15. The summed E-state index contributed by atoms with van der Waals surface area (Å²) in [5.74, 6) is -1.27. The summed E-state index contributed by atoms with van der Waals surface area (Å²) >= 11 is 6.01. The van der Waals surface area contributed by atoms with Crippen molar-refractivity contribution >= 4 is 23.3 Å². The van der Waals surface area contributed by atoms with Crippen LogP contribution in [-0.2, 0) is 13.6 Å². The first-order valence-corrected chi connectivity index (χ1v) is 9.68. The van der Waals surface area contributed by atoms with E-state index in [0.717, 1.165) is 0 Å². The van der Waals surface area contributed by atoms with Crippen LogP contribution in [0.2, 0.25) is 5.02 Å². The summed E-state index contributed by atoms with van der Waals surface area (Å²) in [6.45, 7) is -0.178. The number of amides is 1. The molecule has 0 saturated heterocycles. The van der Waals surface area contributed by atoms with Gasteiger partial charge >= 0.3 is 0 Å². The number of pyridine rings is 1. The van der Waals surface area contributed by atoms with Gasteiger partial charge in [-0.05, 0) is 18.2 Å². The first kappa shape index (κ1) is 21.2. The first-order valence-electron chi connectivity index (χ1n) is 9.30. The monoisotopic (exact) mass is 454 g/mol. The van der Waals surface area contributed by atoms with E-state index < -0.39 is 11.7 Å². The van der Waals surface area contributed by atoms with Gasteiger partial charge in [0.25, 0.3) is 5.91 Å². The number of carbonyl (C=O) groups is 1. The second-order valence-electron chi connectivity index (χ2n) is 6.74. The molecule has 0 saturated carbocycles. The summed E-state index contributed by atoms with van der Waals surface area (Å²) in [5.41, 5.74) is 6.62. The van der Waals surface area contributed by atoms with Crippen LogP contribution in [0, 0.1) is 5.82 Å². The number of aryl methyl sites for hydroxylation is 1. The minimum atomic E-state index is -0.681. The molecular weight excluding hydrogens is 439 g/mol. The minimum Gasteiger partial charge on any atom is -0.443 e. The average molecular weight is 455 g/mol. The van der Waals surface area contributed by atoms with Gasteiger partial charge < -0.3 is 20.0 Å². The third-order valence-electron chi connectivity index (χ3n) is 4.62. The Morgan fingerprint density at radius 3 is 2.75 bits per heavy atom. The molecule has 0 aliphatic carbocycles. The van der Waals surface area contributed by atoms with E-state index in [1.54, 1.807) is 7.05 Å². The van der Waals surface area contributed by atoms with Crippen molar-refractivity contribution in [3.63, 3.8) is 0 Å². The Kier molecular flexibility index (Phi) is 5.69. The van der Waals surface area contributed by atoms with E-state index in [4.69, 9.17) is 21.8 Å². The Bertz CT molecular complexity index is 1350. The summed E-state index contributed by atoms with van der Waals surface area (Å²) in [6.07, 6.45) is 4.32. The van der Waals surface area contributed by atoms with Crippen LogP contribution in [0.3, 0.4) is 0 Å². The highest BCUT2D eigenvalue weighted by Gasteiger charge is 2.22. The molecule has 0 spiro atoms. The number of rotatable bonds is 5. The molecule has 32 heavy (non-hydrogen) atoms. The van der Waals surface area contributed by atoms with E-state index in [0.29, 0.717) is 5.56 Å². The van der Waals surface area contributed by atoms with Crippen LogP contribution in [0.4, 0.5) is 10.2 Å². The lowest BCUT2D eigenvalue weighted by Crippen LogP contribution is -2.26. The largest absolute Gasteiger partial charge is 0.443 e. The van der Waals surface area contributed by atoms with E-state index in [-0.39, 0.29) is 51.5 Å². The summed E-state index contributed by atoms with van der Waals surface area (Å²) in [5, 5.41) is 2.73. The van der Waals surface area contributed by atoms with E-state index in [1.165, 1.54) is 53.6 Å². The van der Waals surface area contributed by atoms with Crippen molar-refractivity contribution in [2.75, 3.05) is 5.73 Å². The molecule has 4 rings (SSSR count). The maximum Gasteiger partial charge on any atom is 0.274 e. The van der Waals surface area contributed by atoms with Crippen molar-refractivity contribution in [2.45, 2.75) is 6.54 Å². The Hall–Kier alpha value is -4.05. The van der Waals surface area contributed by atoms with Crippen LogP contribution in [0.25, 0.3) is 22.8 Å². The molecule has 0 atom stereocenters. The molecule has 9 nitrogen and oxygen atoms in total. The number of nitrogens with two attached hydrogens (primary N) is 1. The maximum atomic E-state index is 14.0. The average Bonchev–Trinajstić information content (AvgIpc) is 3.30. The number of nitrogens with one attached hydrogen (secondary N) is 1. The molecule has 162 valence electrons. The lowest BCUT2D eigenvalue weighted by Gasteiger charge is -2.12. The Balaban J connectivity index is 1.75. The Morgan fingerprint density at radius 2 is 2.06 bits per heavy atom. The van der Waals surface area contributed by atoms with Gasteiger partial charge in [-0.1, -0.05) is 17.7 Å². The summed E-state index contributed by atoms with van der Waals surface area (Å²) in [6, 6.07) is 7.11. The molecule has 0 fully saturated rings. The fourth-order valence-electron chi connectivity index (χ4n) is 2.99. The number of hydrogen-bond acceptors (Lipinski definition) is 7. The van der Waals surface area contributed by atoms with Gasteiger partial charge in [0.15, 0.2) is 17.2 Å². The molecule has 0 aliphatic heterocycles. The van der Waals surface area contributed by atoms with Gasteiger partial charge in [-0.2, -0.15) is 0 Å². The van der Waals surface area contributed by atoms with Gasteiger partial charge in [-0.15, -0.1) is 0 Å². The van der Waals surface area contributed by atoms with Gasteiger partial charge in [0.2, 0.25) is 11.4 Å². The number of benzene rings is 1. The van der Waals surface area contributed by atoms with Crippen LogP contribution in [0.5, 0.6) is 0 Å². The summed E-state index contributed by atoms with van der Waals surface area (Å²) in [4.78, 5) is 37.3. The number of hydrogen-bond donors (Lipinski definition) is 2.